The summed E-state index contributed by atoms with van der Waals surface area (Å²) in [6, 6.07) is 13.2. The largest absolute Gasteiger partial charge is 0.325 e. The van der Waals surface area contributed by atoms with Gasteiger partial charge >= 0.3 is 0 Å². The van der Waals surface area contributed by atoms with Crippen LogP contribution in [0.3, 0.4) is 0 Å². The Morgan fingerprint density at radius 2 is 2.00 bits per heavy atom. The Morgan fingerprint density at radius 3 is 2.57 bits per heavy atom. The number of para-hydroxylation sites is 1. The summed E-state index contributed by atoms with van der Waals surface area (Å²) < 4.78 is 0.780. The Labute approximate surface area is 134 Å². The number of halogens is 1. The van der Waals surface area contributed by atoms with E-state index < -0.39 is 0 Å². The molecule has 1 aromatic carbocycles. The number of benzene rings is 1. The fourth-order valence-corrected chi connectivity index (χ4v) is 3.21. The van der Waals surface area contributed by atoms with Gasteiger partial charge in [0.1, 0.15) is 0 Å². The SMILES string of the molecule is CCN(Cc1ccc(Cl)s1)C(C)C(=O)Nc1ccccc1. The Balaban J connectivity index is 1.98. The second kappa shape index (κ2) is 7.59. The van der Waals surface area contributed by atoms with Gasteiger partial charge in [0.2, 0.25) is 5.91 Å². The van der Waals surface area contributed by atoms with Gasteiger partial charge in [0.05, 0.1) is 10.4 Å². The van der Waals surface area contributed by atoms with E-state index in [4.69, 9.17) is 11.6 Å². The van der Waals surface area contributed by atoms with Gasteiger partial charge in [-0.3, -0.25) is 9.69 Å². The molecule has 1 unspecified atom stereocenters. The van der Waals surface area contributed by atoms with Gasteiger partial charge in [0.25, 0.3) is 0 Å². The van der Waals surface area contributed by atoms with Crippen LogP contribution in [0, 0.1) is 0 Å². The van der Waals surface area contributed by atoms with E-state index in [1.54, 1.807) is 11.3 Å². The van der Waals surface area contributed by atoms with Gasteiger partial charge in [-0.1, -0.05) is 36.7 Å². The molecular formula is C16H19ClN2OS. The average Bonchev–Trinajstić information content (AvgIpc) is 2.90. The fourth-order valence-electron chi connectivity index (χ4n) is 2.09. The highest BCUT2D eigenvalue weighted by Crippen LogP contribution is 2.23. The molecule has 1 heterocycles. The maximum absolute atomic E-state index is 12.3. The van der Waals surface area contributed by atoms with Gasteiger partial charge in [-0.05, 0) is 37.7 Å². The van der Waals surface area contributed by atoms with E-state index in [2.05, 4.69) is 17.1 Å². The van der Waals surface area contributed by atoms with Crippen LogP contribution in [-0.4, -0.2) is 23.4 Å². The Kier molecular flexibility index (Phi) is 5.79. The number of likely N-dealkylation sites (N-methyl/N-ethyl adjacent to an activating group) is 1. The van der Waals surface area contributed by atoms with Crippen molar-refractivity contribution in [1.29, 1.82) is 0 Å². The first-order chi connectivity index (χ1) is 10.1. The third-order valence-corrected chi connectivity index (χ3v) is 4.58. The van der Waals surface area contributed by atoms with E-state index in [1.165, 1.54) is 4.88 Å². The molecule has 1 aromatic heterocycles. The molecule has 5 heteroatoms. The van der Waals surface area contributed by atoms with Crippen molar-refractivity contribution in [2.45, 2.75) is 26.4 Å². The minimum atomic E-state index is -0.198. The summed E-state index contributed by atoms with van der Waals surface area (Å²) in [6.07, 6.45) is 0. The highest BCUT2D eigenvalue weighted by atomic mass is 35.5. The molecule has 21 heavy (non-hydrogen) atoms. The molecule has 112 valence electrons. The number of hydrogen-bond donors (Lipinski definition) is 1. The minimum Gasteiger partial charge on any atom is -0.325 e. The molecule has 1 N–H and O–H groups in total. The summed E-state index contributed by atoms with van der Waals surface area (Å²) in [5, 5.41) is 2.94. The van der Waals surface area contributed by atoms with Crippen molar-refractivity contribution in [3.63, 3.8) is 0 Å². The fraction of sp³-hybridized carbons (Fsp3) is 0.312. The molecule has 0 aliphatic rings. The Bertz CT molecular complexity index is 585. The number of rotatable bonds is 6. The molecule has 0 bridgehead atoms. The van der Waals surface area contributed by atoms with Crippen LogP contribution in [-0.2, 0) is 11.3 Å². The van der Waals surface area contributed by atoms with Crippen LogP contribution in [0.4, 0.5) is 5.69 Å². The summed E-state index contributed by atoms with van der Waals surface area (Å²) in [5.41, 5.74) is 0.824. The molecule has 0 spiro atoms. The molecule has 0 aliphatic carbocycles. The van der Waals surface area contributed by atoms with Crippen molar-refractivity contribution in [1.82, 2.24) is 4.90 Å². The second-order valence-corrected chi connectivity index (χ2v) is 6.60. The van der Waals surface area contributed by atoms with Gasteiger partial charge in [0.15, 0.2) is 0 Å². The zero-order valence-electron chi connectivity index (χ0n) is 12.2. The Morgan fingerprint density at radius 1 is 1.29 bits per heavy atom. The summed E-state index contributed by atoms with van der Waals surface area (Å²) in [4.78, 5) is 15.6. The number of nitrogens with one attached hydrogen (secondary N) is 1. The van der Waals surface area contributed by atoms with Crippen LogP contribution in [0.15, 0.2) is 42.5 Å². The van der Waals surface area contributed by atoms with Crippen LogP contribution in [0.5, 0.6) is 0 Å². The molecule has 1 amide bonds. The Hall–Kier alpha value is -1.36. The molecule has 0 fully saturated rings. The summed E-state index contributed by atoms with van der Waals surface area (Å²) in [6.45, 7) is 5.52. The second-order valence-electron chi connectivity index (χ2n) is 4.80. The third-order valence-electron chi connectivity index (χ3n) is 3.36. The lowest BCUT2D eigenvalue weighted by Gasteiger charge is -2.26. The van der Waals surface area contributed by atoms with Crippen molar-refractivity contribution in [2.75, 3.05) is 11.9 Å². The molecule has 2 rings (SSSR count). The molecule has 0 saturated carbocycles. The van der Waals surface area contributed by atoms with Crippen LogP contribution < -0.4 is 5.32 Å². The highest BCUT2D eigenvalue weighted by molar-refractivity contribution is 7.16. The zero-order valence-corrected chi connectivity index (χ0v) is 13.7. The van der Waals surface area contributed by atoms with E-state index in [9.17, 15) is 4.79 Å². The van der Waals surface area contributed by atoms with Crippen LogP contribution in [0.25, 0.3) is 0 Å². The van der Waals surface area contributed by atoms with E-state index in [0.717, 1.165) is 23.1 Å². The predicted molar refractivity (Wildman–Crippen MR) is 89.9 cm³/mol. The summed E-state index contributed by atoms with van der Waals surface area (Å²) in [7, 11) is 0. The van der Waals surface area contributed by atoms with Gasteiger partial charge < -0.3 is 5.32 Å². The van der Waals surface area contributed by atoms with Crippen LogP contribution >= 0.6 is 22.9 Å². The third kappa shape index (κ3) is 4.56. The molecule has 1 atom stereocenters. The molecular weight excluding hydrogens is 304 g/mol. The zero-order chi connectivity index (χ0) is 15.2. The van der Waals surface area contributed by atoms with E-state index in [-0.39, 0.29) is 11.9 Å². The van der Waals surface area contributed by atoms with Crippen molar-refractivity contribution in [2.24, 2.45) is 0 Å². The molecule has 0 saturated heterocycles. The summed E-state index contributed by atoms with van der Waals surface area (Å²) in [5.74, 6) is 0.00528. The van der Waals surface area contributed by atoms with E-state index in [1.807, 2.05) is 49.4 Å². The first kappa shape index (κ1) is 16.0. The number of amides is 1. The van der Waals surface area contributed by atoms with Crippen molar-refractivity contribution in [3.8, 4) is 0 Å². The van der Waals surface area contributed by atoms with Gasteiger partial charge in [-0.15, -0.1) is 11.3 Å². The van der Waals surface area contributed by atoms with Crippen molar-refractivity contribution < 1.29 is 4.79 Å². The molecule has 0 aliphatic heterocycles. The maximum atomic E-state index is 12.3. The monoisotopic (exact) mass is 322 g/mol. The van der Waals surface area contributed by atoms with Crippen molar-refractivity contribution in [3.05, 3.63) is 51.7 Å². The average molecular weight is 323 g/mol. The first-order valence-corrected chi connectivity index (χ1v) is 8.13. The standard InChI is InChI=1S/C16H19ClN2OS/c1-3-19(11-14-9-10-15(17)21-14)12(2)16(20)18-13-7-5-4-6-8-13/h4-10,12H,3,11H2,1-2H3,(H,18,20). The molecule has 3 nitrogen and oxygen atoms in total. The van der Waals surface area contributed by atoms with Gasteiger partial charge in [0, 0.05) is 17.1 Å². The number of carbonyl (C=O) groups excluding carboxylic acids is 1. The van der Waals surface area contributed by atoms with Gasteiger partial charge in [-0.2, -0.15) is 0 Å². The molecule has 0 radical (unpaired) electrons. The normalized spacial score (nSPS) is 12.4. The van der Waals surface area contributed by atoms with Crippen LogP contribution in [0.2, 0.25) is 4.34 Å². The van der Waals surface area contributed by atoms with E-state index >= 15 is 0 Å². The lowest BCUT2D eigenvalue weighted by atomic mass is 10.2. The smallest absolute Gasteiger partial charge is 0.241 e. The number of anilines is 1. The quantitative estimate of drug-likeness (QED) is 0.862. The lowest BCUT2D eigenvalue weighted by molar-refractivity contribution is -0.120. The summed E-state index contributed by atoms with van der Waals surface area (Å²) >= 11 is 7.51. The number of hydrogen-bond acceptors (Lipinski definition) is 3. The van der Waals surface area contributed by atoms with Crippen molar-refractivity contribution >= 4 is 34.5 Å². The minimum absolute atomic E-state index is 0.00528. The van der Waals surface area contributed by atoms with Crippen LogP contribution in [0.1, 0.15) is 18.7 Å². The number of thiophene rings is 1. The highest BCUT2D eigenvalue weighted by Gasteiger charge is 2.20. The maximum Gasteiger partial charge on any atom is 0.241 e. The molecule has 2 aromatic rings. The van der Waals surface area contributed by atoms with E-state index in [0.29, 0.717) is 0 Å². The lowest BCUT2D eigenvalue weighted by Crippen LogP contribution is -2.41. The first-order valence-electron chi connectivity index (χ1n) is 6.94. The predicted octanol–water partition coefficient (Wildman–Crippen LogP) is 4.25. The van der Waals surface area contributed by atoms with Gasteiger partial charge in [-0.25, -0.2) is 0 Å². The number of carbonyl (C=O) groups is 1. The number of nitrogens with zero attached hydrogens (tertiary/aromatic N) is 1. The topological polar surface area (TPSA) is 32.3 Å².